The summed E-state index contributed by atoms with van der Waals surface area (Å²) in [5.74, 6) is 0.718. The molecule has 1 heterocycles. The molecule has 0 unspecified atom stereocenters. The largest absolute Gasteiger partial charge is 0.434 e. The first-order valence-corrected chi connectivity index (χ1v) is 6.66. The van der Waals surface area contributed by atoms with Crippen LogP contribution in [0.15, 0.2) is 30.5 Å². The number of ether oxygens (including phenoxy) is 1. The summed E-state index contributed by atoms with van der Waals surface area (Å²) >= 11 is 0. The Labute approximate surface area is 122 Å². The van der Waals surface area contributed by atoms with E-state index in [4.69, 9.17) is 4.74 Å². The van der Waals surface area contributed by atoms with Gasteiger partial charge in [-0.15, -0.1) is 0 Å². The molecule has 0 saturated heterocycles. The van der Waals surface area contributed by atoms with Crippen molar-refractivity contribution in [3.63, 3.8) is 0 Å². The number of aromatic nitrogens is 2. The Kier molecular flexibility index (Phi) is 4.65. The summed E-state index contributed by atoms with van der Waals surface area (Å²) in [6, 6.07) is 7.34. The fourth-order valence-electron chi connectivity index (χ4n) is 1.71. The van der Waals surface area contributed by atoms with Gasteiger partial charge in [0.25, 0.3) is 0 Å². The molecule has 0 bridgehead atoms. The van der Waals surface area contributed by atoms with Crippen molar-refractivity contribution in [3.8, 4) is 11.6 Å². The van der Waals surface area contributed by atoms with E-state index in [1.54, 1.807) is 12.1 Å². The highest BCUT2D eigenvalue weighted by atomic mass is 16.6. The Hall–Kier alpha value is -2.70. The molecule has 0 aliphatic carbocycles. The summed E-state index contributed by atoms with van der Waals surface area (Å²) < 4.78 is 5.52. The van der Waals surface area contributed by atoms with E-state index in [0.29, 0.717) is 18.2 Å². The van der Waals surface area contributed by atoms with Gasteiger partial charge >= 0.3 is 11.6 Å². The van der Waals surface area contributed by atoms with Crippen molar-refractivity contribution >= 4 is 11.6 Å². The summed E-state index contributed by atoms with van der Waals surface area (Å²) in [4.78, 5) is 18.4. The second-order valence-corrected chi connectivity index (χ2v) is 4.27. The first kappa shape index (κ1) is 14.7. The van der Waals surface area contributed by atoms with E-state index in [2.05, 4.69) is 15.3 Å². The van der Waals surface area contributed by atoms with Gasteiger partial charge in [0, 0.05) is 6.54 Å². The third-order valence-electron chi connectivity index (χ3n) is 2.81. The molecule has 0 saturated carbocycles. The average Bonchev–Trinajstić information content (AvgIpc) is 2.48. The first-order chi connectivity index (χ1) is 10.1. The number of nitrogens with zero attached hydrogens (tertiary/aromatic N) is 3. The third-order valence-corrected chi connectivity index (χ3v) is 2.81. The number of aryl methyl sites for hydroxylation is 1. The zero-order valence-electron chi connectivity index (χ0n) is 11.9. The fraction of sp³-hybridized carbons (Fsp3) is 0.286. The molecule has 1 aromatic heterocycles. The summed E-state index contributed by atoms with van der Waals surface area (Å²) in [6.07, 6.45) is 2.05. The van der Waals surface area contributed by atoms with Gasteiger partial charge in [-0.3, -0.25) is 10.1 Å². The lowest BCUT2D eigenvalue weighted by molar-refractivity contribution is -0.386. The van der Waals surface area contributed by atoms with Crippen LogP contribution in [0.1, 0.15) is 19.4 Å². The second-order valence-electron chi connectivity index (χ2n) is 4.27. The van der Waals surface area contributed by atoms with E-state index in [1.807, 2.05) is 26.0 Å². The number of nitrogens with one attached hydrogen (secondary N) is 1. The van der Waals surface area contributed by atoms with Crippen LogP contribution < -0.4 is 10.1 Å². The van der Waals surface area contributed by atoms with Crippen LogP contribution in [0.4, 0.5) is 11.6 Å². The van der Waals surface area contributed by atoms with E-state index in [0.717, 1.165) is 18.2 Å². The molecule has 2 aromatic rings. The molecule has 0 aliphatic heterocycles. The van der Waals surface area contributed by atoms with Crippen molar-refractivity contribution in [1.29, 1.82) is 0 Å². The normalized spacial score (nSPS) is 10.2. The van der Waals surface area contributed by atoms with Crippen LogP contribution >= 0.6 is 0 Å². The lowest BCUT2D eigenvalue weighted by Gasteiger charge is -2.07. The van der Waals surface area contributed by atoms with Gasteiger partial charge in [-0.1, -0.05) is 19.1 Å². The van der Waals surface area contributed by atoms with Gasteiger partial charge in [-0.25, -0.2) is 4.98 Å². The molecular weight excluding hydrogens is 272 g/mol. The molecule has 7 heteroatoms. The molecule has 110 valence electrons. The SMILES string of the molecule is CCNc1ncc([N+](=O)[O-])c(Oc2ccc(CC)cc2)n1. The summed E-state index contributed by atoms with van der Waals surface area (Å²) in [5.41, 5.74) is 0.893. The predicted molar refractivity (Wildman–Crippen MR) is 78.7 cm³/mol. The van der Waals surface area contributed by atoms with Gasteiger partial charge in [-0.05, 0) is 31.0 Å². The molecule has 21 heavy (non-hydrogen) atoms. The highest BCUT2D eigenvalue weighted by Gasteiger charge is 2.19. The van der Waals surface area contributed by atoms with Crippen LogP contribution in [0.25, 0.3) is 0 Å². The van der Waals surface area contributed by atoms with Crippen LogP contribution in [-0.2, 0) is 6.42 Å². The smallest absolute Gasteiger partial charge is 0.349 e. The average molecular weight is 288 g/mol. The minimum Gasteiger partial charge on any atom is -0.434 e. The number of rotatable bonds is 6. The van der Waals surface area contributed by atoms with Crippen LogP contribution in [0.2, 0.25) is 0 Å². The Morgan fingerprint density at radius 1 is 1.29 bits per heavy atom. The molecule has 0 spiro atoms. The van der Waals surface area contributed by atoms with Gasteiger partial charge in [0.2, 0.25) is 5.95 Å². The van der Waals surface area contributed by atoms with Crippen molar-refractivity contribution < 1.29 is 9.66 Å². The summed E-state index contributed by atoms with van der Waals surface area (Å²) in [5, 5.41) is 13.9. The summed E-state index contributed by atoms with van der Waals surface area (Å²) in [7, 11) is 0. The Morgan fingerprint density at radius 3 is 2.57 bits per heavy atom. The van der Waals surface area contributed by atoms with Crippen LogP contribution in [0.5, 0.6) is 11.6 Å². The molecule has 0 amide bonds. The minimum absolute atomic E-state index is 0.0739. The van der Waals surface area contributed by atoms with Gasteiger partial charge in [-0.2, -0.15) is 4.98 Å². The fourth-order valence-corrected chi connectivity index (χ4v) is 1.71. The topological polar surface area (TPSA) is 90.2 Å². The maximum atomic E-state index is 11.0. The van der Waals surface area contributed by atoms with Crippen molar-refractivity contribution in [2.45, 2.75) is 20.3 Å². The van der Waals surface area contributed by atoms with E-state index < -0.39 is 4.92 Å². The van der Waals surface area contributed by atoms with Crippen LogP contribution in [0, 0.1) is 10.1 Å². The molecule has 2 rings (SSSR count). The van der Waals surface area contributed by atoms with Crippen LogP contribution in [0.3, 0.4) is 0 Å². The monoisotopic (exact) mass is 288 g/mol. The molecule has 1 N–H and O–H groups in total. The predicted octanol–water partition coefficient (Wildman–Crippen LogP) is 3.17. The van der Waals surface area contributed by atoms with Gasteiger partial charge in [0.1, 0.15) is 11.9 Å². The van der Waals surface area contributed by atoms with E-state index in [9.17, 15) is 10.1 Å². The lowest BCUT2D eigenvalue weighted by Crippen LogP contribution is -2.05. The van der Waals surface area contributed by atoms with E-state index in [-0.39, 0.29) is 11.6 Å². The Morgan fingerprint density at radius 2 is 2.00 bits per heavy atom. The standard InChI is InChI=1S/C14H16N4O3/c1-3-10-5-7-11(8-6-10)21-13-12(18(19)20)9-16-14(17-13)15-4-2/h5-9H,3-4H2,1-2H3,(H,15,16,17). The van der Waals surface area contributed by atoms with Crippen molar-refractivity contribution in [2.24, 2.45) is 0 Å². The Balaban J connectivity index is 2.30. The molecule has 7 nitrogen and oxygen atoms in total. The van der Waals surface area contributed by atoms with Crippen molar-refractivity contribution in [1.82, 2.24) is 9.97 Å². The molecule has 0 aliphatic rings. The first-order valence-electron chi connectivity index (χ1n) is 6.66. The number of anilines is 1. The minimum atomic E-state index is -0.564. The molecule has 0 radical (unpaired) electrons. The summed E-state index contributed by atoms with van der Waals surface area (Å²) in [6.45, 7) is 4.55. The van der Waals surface area contributed by atoms with E-state index in [1.165, 1.54) is 0 Å². The van der Waals surface area contributed by atoms with Crippen molar-refractivity contribution in [3.05, 3.63) is 46.1 Å². The lowest BCUT2D eigenvalue weighted by atomic mass is 10.2. The molecule has 1 aromatic carbocycles. The van der Waals surface area contributed by atoms with Gasteiger partial charge in [0.15, 0.2) is 0 Å². The zero-order valence-corrected chi connectivity index (χ0v) is 11.9. The van der Waals surface area contributed by atoms with Gasteiger partial charge < -0.3 is 10.1 Å². The molecule has 0 fully saturated rings. The maximum Gasteiger partial charge on any atom is 0.349 e. The third kappa shape index (κ3) is 3.65. The van der Waals surface area contributed by atoms with Gasteiger partial charge in [0.05, 0.1) is 4.92 Å². The highest BCUT2D eigenvalue weighted by molar-refractivity contribution is 5.45. The highest BCUT2D eigenvalue weighted by Crippen LogP contribution is 2.29. The van der Waals surface area contributed by atoms with E-state index >= 15 is 0 Å². The number of nitro groups is 1. The quantitative estimate of drug-likeness (QED) is 0.648. The number of hydrogen-bond acceptors (Lipinski definition) is 6. The second kappa shape index (κ2) is 6.65. The maximum absolute atomic E-state index is 11.0. The Bertz CT molecular complexity index is 629. The zero-order chi connectivity index (χ0) is 15.2. The van der Waals surface area contributed by atoms with Crippen molar-refractivity contribution in [2.75, 3.05) is 11.9 Å². The molecule has 0 atom stereocenters. The number of hydrogen-bond donors (Lipinski definition) is 1. The number of benzene rings is 1. The van der Waals surface area contributed by atoms with Crippen LogP contribution in [-0.4, -0.2) is 21.4 Å². The molecular formula is C14H16N4O3.